The second-order valence-corrected chi connectivity index (χ2v) is 19.4. The Morgan fingerprint density at radius 3 is 1.29 bits per heavy atom. The summed E-state index contributed by atoms with van der Waals surface area (Å²) in [5.74, 6) is 0.522. The van der Waals surface area contributed by atoms with Gasteiger partial charge in [-0.2, -0.15) is 113 Å². The average Bonchev–Trinajstić information content (AvgIpc) is 3.69. The standard InChI is InChI=1S/C21H25.C10H15.2C10H13.CH2.2ClH.Zr/c1-20(2,3)16-9-7-14-11-15-8-10-17(21(4,5)6)13-19(15)18(14)12-16;1-8-5-6-9(7-8)10(2,3)4;2*1-10(2,3)9-7-5-4-6-8-9;;;;/h7,9-10,12-13H,11H2,1-6H3;6-8H,1-4H3;2*5-8H,1-3H3;1H2;2*1H;/q4*-1;;;;. The van der Waals surface area contributed by atoms with E-state index < -0.39 is 0 Å². The van der Waals surface area contributed by atoms with Gasteiger partial charge in [0.1, 0.15) is 0 Å². The van der Waals surface area contributed by atoms with Gasteiger partial charge in [-0.25, -0.2) is 6.08 Å². The summed E-state index contributed by atoms with van der Waals surface area (Å²) in [5.41, 5.74) is 13.8. The van der Waals surface area contributed by atoms with E-state index in [2.05, 4.69) is 206 Å². The number of hydrogen-bond donors (Lipinski definition) is 0. The van der Waals surface area contributed by atoms with Crippen LogP contribution in [0.3, 0.4) is 0 Å². The van der Waals surface area contributed by atoms with Crippen LogP contribution in [-0.2, 0) is 52.3 Å². The molecule has 0 spiro atoms. The zero-order chi connectivity index (χ0) is 40.4. The summed E-state index contributed by atoms with van der Waals surface area (Å²) < 4.78 is 3.34. The topological polar surface area (TPSA) is 0 Å². The molecule has 55 heavy (non-hydrogen) atoms. The number of benzene rings is 4. The molecule has 6 rings (SSSR count). The molecule has 3 heteroatoms. The molecule has 0 amide bonds. The summed E-state index contributed by atoms with van der Waals surface area (Å²) in [7, 11) is 0. The fourth-order valence-corrected chi connectivity index (χ4v) is 5.81. The summed E-state index contributed by atoms with van der Waals surface area (Å²) >= 11 is 1.30. The van der Waals surface area contributed by atoms with Crippen LogP contribution >= 0.6 is 24.8 Å². The summed E-state index contributed by atoms with van der Waals surface area (Å²) in [5, 5.41) is 0. The van der Waals surface area contributed by atoms with Crippen molar-refractivity contribution in [2.45, 2.75) is 139 Å². The minimum absolute atomic E-state index is 0. The van der Waals surface area contributed by atoms with Gasteiger partial charge in [0, 0.05) is 0 Å². The number of allylic oxidation sites excluding steroid dienone is 4. The van der Waals surface area contributed by atoms with Gasteiger partial charge in [-0.3, -0.25) is 6.08 Å². The quantitative estimate of drug-likeness (QED) is 0.136. The van der Waals surface area contributed by atoms with Crippen molar-refractivity contribution >= 4 is 29.0 Å². The molecule has 4 aromatic rings. The van der Waals surface area contributed by atoms with Gasteiger partial charge in [0.2, 0.25) is 0 Å². The van der Waals surface area contributed by atoms with Crippen molar-refractivity contribution < 1.29 is 24.2 Å². The van der Waals surface area contributed by atoms with Crippen molar-refractivity contribution in [3.63, 3.8) is 0 Å². The Morgan fingerprint density at radius 1 is 0.545 bits per heavy atom. The molecule has 0 saturated carbocycles. The van der Waals surface area contributed by atoms with Crippen LogP contribution in [0.15, 0.2) is 96.6 Å². The summed E-state index contributed by atoms with van der Waals surface area (Å²) in [6, 6.07) is 37.4. The minimum atomic E-state index is 0. The van der Waals surface area contributed by atoms with Crippen LogP contribution in [0.2, 0.25) is 0 Å². The molecule has 0 saturated heterocycles. The van der Waals surface area contributed by atoms with E-state index in [1.807, 2.05) is 24.3 Å². The van der Waals surface area contributed by atoms with E-state index in [0.717, 1.165) is 6.42 Å². The van der Waals surface area contributed by atoms with E-state index in [0.29, 0.717) is 11.3 Å². The first kappa shape index (κ1) is 52.7. The van der Waals surface area contributed by atoms with Crippen molar-refractivity contribution in [1.29, 1.82) is 0 Å². The Balaban J connectivity index is 0.000000735. The molecule has 1 unspecified atom stereocenters. The Morgan fingerprint density at radius 2 is 0.964 bits per heavy atom. The van der Waals surface area contributed by atoms with E-state index in [9.17, 15) is 0 Å². The Hall–Kier alpha value is -2.31. The van der Waals surface area contributed by atoms with Gasteiger partial charge in [-0.1, -0.05) is 157 Å². The number of hydrogen-bond acceptors (Lipinski definition) is 0. The van der Waals surface area contributed by atoms with Gasteiger partial charge in [0.05, 0.1) is 0 Å². The first-order chi connectivity index (χ1) is 24.4. The number of rotatable bonds is 0. The predicted molar refractivity (Wildman–Crippen MR) is 245 cm³/mol. The predicted octanol–water partition coefficient (Wildman–Crippen LogP) is 15.0. The molecule has 2 aliphatic rings. The summed E-state index contributed by atoms with van der Waals surface area (Å²) in [4.78, 5) is 0. The molecular weight excluding hydrogens is 787 g/mol. The van der Waals surface area contributed by atoms with Gasteiger partial charge in [-0.05, 0) is 28.2 Å². The second kappa shape index (κ2) is 22.0. The van der Waals surface area contributed by atoms with Crippen LogP contribution in [0.25, 0.3) is 11.1 Å². The fourth-order valence-electron chi connectivity index (χ4n) is 5.81. The van der Waals surface area contributed by atoms with Crippen LogP contribution in [0.1, 0.15) is 144 Å². The molecule has 0 aromatic heterocycles. The van der Waals surface area contributed by atoms with Crippen LogP contribution < -0.4 is 0 Å². The van der Waals surface area contributed by atoms with E-state index in [4.69, 9.17) is 0 Å². The molecule has 0 N–H and O–H groups in total. The molecule has 2 aliphatic carbocycles. The van der Waals surface area contributed by atoms with Crippen molar-refractivity contribution in [2.24, 2.45) is 11.3 Å². The fraction of sp³-hybridized carbons (Fsp3) is 0.442. The van der Waals surface area contributed by atoms with Crippen LogP contribution in [0, 0.1) is 35.6 Å². The first-order valence-corrected chi connectivity index (χ1v) is 20.9. The van der Waals surface area contributed by atoms with Gasteiger partial charge in [0.25, 0.3) is 0 Å². The van der Waals surface area contributed by atoms with Gasteiger partial charge in [-0.15, -0.1) is 30.4 Å². The molecule has 0 fully saturated rings. The van der Waals surface area contributed by atoms with E-state index in [1.165, 1.54) is 74.3 Å². The molecule has 0 nitrogen and oxygen atoms in total. The van der Waals surface area contributed by atoms with Crippen molar-refractivity contribution in [2.75, 3.05) is 0 Å². The van der Waals surface area contributed by atoms with Crippen molar-refractivity contribution in [3.05, 3.63) is 154 Å². The second-order valence-electron chi connectivity index (χ2n) is 19.4. The SMILES string of the molecule is CC(C)(C)c1c[c-]c2c(c1)-c1cc(C(C)(C)C)ccc1C2.CC(C)(C)c1cc[c-]cc1.CC(C)(C)c1cc[c-]cc1.CC1[C-]=CC(C(C)(C)C)=C1.Cl.Cl.[CH2]=[Zr]. The Bertz CT molecular complexity index is 1670. The third kappa shape index (κ3) is 17.0. The normalized spacial score (nSPS) is 14.2. The van der Waals surface area contributed by atoms with Crippen LogP contribution in [0.4, 0.5) is 0 Å². The van der Waals surface area contributed by atoms with Gasteiger partial charge in [0.15, 0.2) is 0 Å². The molecule has 4 aromatic carbocycles. The number of halogens is 2. The molecular formula is C52H70Cl2Zr-4. The Labute approximate surface area is 366 Å². The third-order valence-corrected chi connectivity index (χ3v) is 9.49. The van der Waals surface area contributed by atoms with Crippen LogP contribution in [-0.4, -0.2) is 4.21 Å². The zero-order valence-corrected chi connectivity index (χ0v) is 41.1. The van der Waals surface area contributed by atoms with E-state index in [-0.39, 0.29) is 46.5 Å². The first-order valence-electron chi connectivity index (χ1n) is 19.2. The third-order valence-electron chi connectivity index (χ3n) is 9.49. The molecule has 1 atom stereocenters. The molecule has 0 radical (unpaired) electrons. The molecule has 0 heterocycles. The molecule has 300 valence electrons. The maximum atomic E-state index is 3.53. The van der Waals surface area contributed by atoms with Crippen molar-refractivity contribution in [1.82, 2.24) is 0 Å². The Kier molecular flexibility index (Phi) is 21.1. The van der Waals surface area contributed by atoms with Crippen molar-refractivity contribution in [3.8, 4) is 11.1 Å². The maximum absolute atomic E-state index is 3.53. The zero-order valence-electron chi connectivity index (χ0n) is 37.0. The molecule has 0 aliphatic heterocycles. The molecule has 0 bridgehead atoms. The van der Waals surface area contributed by atoms with Gasteiger partial charge >= 0.3 is 28.4 Å². The van der Waals surface area contributed by atoms with Crippen LogP contribution in [0.5, 0.6) is 0 Å². The average molecular weight is 857 g/mol. The van der Waals surface area contributed by atoms with E-state index in [1.54, 1.807) is 0 Å². The van der Waals surface area contributed by atoms with Gasteiger partial charge < -0.3 is 0 Å². The summed E-state index contributed by atoms with van der Waals surface area (Å²) in [6.07, 6.45) is 8.68. The number of fused-ring (bicyclic) bond motifs is 3. The van der Waals surface area contributed by atoms with E-state index >= 15 is 0 Å². The monoisotopic (exact) mass is 854 g/mol. The summed E-state index contributed by atoms with van der Waals surface area (Å²) in [6.45, 7) is 35.8.